The number of piperidine rings is 1. The highest BCUT2D eigenvalue weighted by Crippen LogP contribution is 2.35. The molecule has 1 atom stereocenters. The first-order valence-corrected chi connectivity index (χ1v) is 12.2. The van der Waals surface area contributed by atoms with Gasteiger partial charge in [0.05, 0.1) is 5.92 Å². The van der Waals surface area contributed by atoms with E-state index in [-0.39, 0.29) is 23.1 Å². The molecule has 2 aliphatic heterocycles. The number of halogens is 1. The van der Waals surface area contributed by atoms with E-state index in [1.165, 1.54) is 5.56 Å². The molecule has 6 heteroatoms. The average molecular weight is 499 g/mol. The molecule has 0 radical (unpaired) electrons. The molecule has 2 heterocycles. The number of benzene rings is 2. The molecule has 5 nitrogen and oxygen atoms in total. The van der Waals surface area contributed by atoms with Crippen molar-refractivity contribution < 1.29 is 14.3 Å². The molecule has 2 aliphatic rings. The van der Waals surface area contributed by atoms with Crippen LogP contribution in [0.25, 0.3) is 0 Å². The number of aryl methyl sites for hydroxylation is 1. The van der Waals surface area contributed by atoms with E-state index in [0.717, 1.165) is 35.7 Å². The SMILES string of the molecule is Cc1ccc(C(=O)N2CCCC(C(=O)NCC3(c4cccc(Br)c4)CCOCC3)C2)cc1. The summed E-state index contributed by atoms with van der Waals surface area (Å²) in [7, 11) is 0. The number of amides is 2. The molecule has 170 valence electrons. The predicted octanol–water partition coefficient (Wildman–Crippen LogP) is 4.47. The summed E-state index contributed by atoms with van der Waals surface area (Å²) in [6.45, 7) is 5.18. The molecule has 2 aromatic rings. The van der Waals surface area contributed by atoms with Crippen LogP contribution in [0.3, 0.4) is 0 Å². The van der Waals surface area contributed by atoms with Gasteiger partial charge < -0.3 is 15.0 Å². The van der Waals surface area contributed by atoms with Crippen molar-refractivity contribution in [2.24, 2.45) is 5.92 Å². The van der Waals surface area contributed by atoms with Gasteiger partial charge in [0.2, 0.25) is 5.91 Å². The molecule has 0 aliphatic carbocycles. The van der Waals surface area contributed by atoms with Crippen LogP contribution in [0.1, 0.15) is 47.2 Å². The van der Waals surface area contributed by atoms with E-state index in [0.29, 0.717) is 38.4 Å². The van der Waals surface area contributed by atoms with E-state index in [2.05, 4.69) is 33.4 Å². The van der Waals surface area contributed by atoms with Crippen molar-refractivity contribution in [2.45, 2.75) is 38.0 Å². The lowest BCUT2D eigenvalue weighted by molar-refractivity contribution is -0.126. The molecule has 2 aromatic carbocycles. The van der Waals surface area contributed by atoms with Crippen LogP contribution in [0.5, 0.6) is 0 Å². The topological polar surface area (TPSA) is 58.6 Å². The number of ether oxygens (including phenoxy) is 1. The van der Waals surface area contributed by atoms with Crippen LogP contribution >= 0.6 is 15.9 Å². The Morgan fingerprint density at radius 2 is 1.91 bits per heavy atom. The van der Waals surface area contributed by atoms with Crippen LogP contribution in [0.4, 0.5) is 0 Å². The molecule has 1 N–H and O–H groups in total. The molecule has 0 aromatic heterocycles. The molecular weight excluding hydrogens is 468 g/mol. The Hall–Kier alpha value is -2.18. The highest BCUT2D eigenvalue weighted by Gasteiger charge is 2.36. The second-order valence-corrected chi connectivity index (χ2v) is 9.99. The number of carbonyl (C=O) groups excluding carboxylic acids is 2. The summed E-state index contributed by atoms with van der Waals surface area (Å²) in [5.41, 5.74) is 2.93. The van der Waals surface area contributed by atoms with E-state index in [1.54, 1.807) is 0 Å². The van der Waals surface area contributed by atoms with Gasteiger partial charge in [-0.25, -0.2) is 0 Å². The van der Waals surface area contributed by atoms with Gasteiger partial charge in [0.1, 0.15) is 0 Å². The lowest BCUT2D eigenvalue weighted by atomic mass is 9.74. The zero-order valence-electron chi connectivity index (χ0n) is 18.6. The Kier molecular flexibility index (Phi) is 7.31. The van der Waals surface area contributed by atoms with Crippen LogP contribution in [-0.2, 0) is 14.9 Å². The summed E-state index contributed by atoms with van der Waals surface area (Å²) in [6, 6.07) is 16.0. The van der Waals surface area contributed by atoms with Crippen molar-refractivity contribution >= 4 is 27.7 Å². The summed E-state index contributed by atoms with van der Waals surface area (Å²) in [4.78, 5) is 27.9. The number of rotatable bonds is 5. The fraction of sp³-hybridized carbons (Fsp3) is 0.462. The van der Waals surface area contributed by atoms with E-state index >= 15 is 0 Å². The molecule has 0 saturated carbocycles. The Bertz CT molecular complexity index is 954. The lowest BCUT2D eigenvalue weighted by Crippen LogP contribution is -2.49. The first-order chi connectivity index (χ1) is 15.5. The zero-order chi connectivity index (χ0) is 22.6. The summed E-state index contributed by atoms with van der Waals surface area (Å²) in [5, 5.41) is 3.24. The predicted molar refractivity (Wildman–Crippen MR) is 129 cm³/mol. The van der Waals surface area contributed by atoms with Gasteiger partial charge in [-0.15, -0.1) is 0 Å². The molecule has 2 saturated heterocycles. The molecule has 1 unspecified atom stereocenters. The molecule has 4 rings (SSSR count). The summed E-state index contributed by atoms with van der Waals surface area (Å²) in [5.74, 6) is -0.109. The fourth-order valence-corrected chi connectivity index (χ4v) is 5.20. The van der Waals surface area contributed by atoms with Gasteiger partial charge in [0.15, 0.2) is 0 Å². The molecule has 2 fully saturated rings. The minimum absolute atomic E-state index is 0.0116. The van der Waals surface area contributed by atoms with Crippen molar-refractivity contribution in [1.29, 1.82) is 0 Å². The largest absolute Gasteiger partial charge is 0.381 e. The van der Waals surface area contributed by atoms with Gasteiger partial charge in [-0.2, -0.15) is 0 Å². The van der Waals surface area contributed by atoms with Crippen molar-refractivity contribution in [3.63, 3.8) is 0 Å². The standard InChI is InChI=1S/C26H31BrN2O3/c1-19-7-9-20(10-8-19)25(31)29-13-3-4-21(17-29)24(30)28-18-26(11-14-32-15-12-26)22-5-2-6-23(27)16-22/h2,5-10,16,21H,3-4,11-15,17-18H2,1H3,(H,28,30). The second-order valence-electron chi connectivity index (χ2n) is 9.08. The molecule has 0 spiro atoms. The molecule has 32 heavy (non-hydrogen) atoms. The molecular formula is C26H31BrN2O3. The van der Waals surface area contributed by atoms with E-state index < -0.39 is 0 Å². The fourth-order valence-electron chi connectivity index (χ4n) is 4.80. The Balaban J connectivity index is 1.41. The number of hydrogen-bond acceptors (Lipinski definition) is 3. The van der Waals surface area contributed by atoms with Crippen molar-refractivity contribution in [3.05, 3.63) is 69.7 Å². The Morgan fingerprint density at radius 3 is 2.62 bits per heavy atom. The molecule has 2 amide bonds. The van der Waals surface area contributed by atoms with E-state index in [9.17, 15) is 9.59 Å². The maximum Gasteiger partial charge on any atom is 0.253 e. The lowest BCUT2D eigenvalue weighted by Gasteiger charge is -2.39. The van der Waals surface area contributed by atoms with Crippen LogP contribution in [0.15, 0.2) is 53.0 Å². The summed E-state index contributed by atoms with van der Waals surface area (Å²) < 4.78 is 6.67. The highest BCUT2D eigenvalue weighted by atomic mass is 79.9. The first-order valence-electron chi connectivity index (χ1n) is 11.4. The average Bonchev–Trinajstić information content (AvgIpc) is 2.83. The van der Waals surface area contributed by atoms with E-state index in [4.69, 9.17) is 4.74 Å². The van der Waals surface area contributed by atoms with Crippen molar-refractivity contribution in [3.8, 4) is 0 Å². The Labute approximate surface area is 198 Å². The number of nitrogens with zero attached hydrogens (tertiary/aromatic N) is 1. The van der Waals surface area contributed by atoms with Gasteiger partial charge in [0, 0.05) is 48.3 Å². The third-order valence-corrected chi connectivity index (χ3v) is 7.36. The number of likely N-dealkylation sites (tertiary alicyclic amines) is 1. The van der Waals surface area contributed by atoms with Crippen LogP contribution < -0.4 is 5.32 Å². The van der Waals surface area contributed by atoms with Crippen LogP contribution in [-0.4, -0.2) is 49.6 Å². The number of nitrogens with one attached hydrogen (secondary N) is 1. The van der Waals surface area contributed by atoms with Gasteiger partial charge in [-0.05, 0) is 62.4 Å². The smallest absolute Gasteiger partial charge is 0.253 e. The van der Waals surface area contributed by atoms with Gasteiger partial charge in [-0.3, -0.25) is 9.59 Å². The van der Waals surface area contributed by atoms with Crippen LogP contribution in [0.2, 0.25) is 0 Å². The minimum Gasteiger partial charge on any atom is -0.381 e. The molecule has 0 bridgehead atoms. The number of carbonyl (C=O) groups is 2. The maximum absolute atomic E-state index is 13.1. The Morgan fingerprint density at radius 1 is 1.16 bits per heavy atom. The highest BCUT2D eigenvalue weighted by molar-refractivity contribution is 9.10. The first kappa shape index (κ1) is 23.0. The summed E-state index contributed by atoms with van der Waals surface area (Å²) >= 11 is 3.58. The van der Waals surface area contributed by atoms with Gasteiger partial charge >= 0.3 is 0 Å². The second kappa shape index (κ2) is 10.2. The van der Waals surface area contributed by atoms with Crippen LogP contribution in [0, 0.1) is 12.8 Å². The van der Waals surface area contributed by atoms with Crippen molar-refractivity contribution in [2.75, 3.05) is 32.8 Å². The maximum atomic E-state index is 13.1. The third-order valence-electron chi connectivity index (χ3n) is 6.87. The third kappa shape index (κ3) is 5.24. The normalized spacial score (nSPS) is 20.6. The van der Waals surface area contributed by atoms with Gasteiger partial charge in [0.25, 0.3) is 5.91 Å². The number of hydrogen-bond donors (Lipinski definition) is 1. The van der Waals surface area contributed by atoms with Crippen molar-refractivity contribution in [1.82, 2.24) is 10.2 Å². The zero-order valence-corrected chi connectivity index (χ0v) is 20.2. The van der Waals surface area contributed by atoms with Gasteiger partial charge in [-0.1, -0.05) is 45.8 Å². The minimum atomic E-state index is -0.169. The summed E-state index contributed by atoms with van der Waals surface area (Å²) in [6.07, 6.45) is 3.43. The quantitative estimate of drug-likeness (QED) is 0.661. The monoisotopic (exact) mass is 498 g/mol. The van der Waals surface area contributed by atoms with E-state index in [1.807, 2.05) is 48.2 Å².